The summed E-state index contributed by atoms with van der Waals surface area (Å²) in [6.07, 6.45) is 2.01. The predicted molar refractivity (Wildman–Crippen MR) is 68.9 cm³/mol. The number of carboxylic acids is 1. The number of hydrogen-bond donors (Lipinski definition) is 1. The maximum atomic E-state index is 10.5. The van der Waals surface area contributed by atoms with Crippen LogP contribution in [0.3, 0.4) is 0 Å². The van der Waals surface area contributed by atoms with E-state index in [4.69, 9.17) is 21.4 Å². The lowest BCUT2D eigenvalue weighted by atomic mass is 10.2. The summed E-state index contributed by atoms with van der Waals surface area (Å²) in [5, 5.41) is 17.0. The van der Waals surface area contributed by atoms with Crippen LogP contribution in [0.25, 0.3) is 5.69 Å². The molecule has 1 aromatic heterocycles. The second-order valence-corrected chi connectivity index (χ2v) is 4.27. The molecule has 0 fully saturated rings. The van der Waals surface area contributed by atoms with E-state index < -0.39 is 5.97 Å². The summed E-state index contributed by atoms with van der Waals surface area (Å²) < 4.78 is 6.62. The Hall–Kier alpha value is -2.08. The Morgan fingerprint density at radius 1 is 1.53 bits per heavy atom. The minimum atomic E-state index is -0.867. The van der Waals surface area contributed by atoms with Gasteiger partial charge in [0.2, 0.25) is 0 Å². The SMILES string of the molecule is COc1ccc(Cl)c(-n2cc(CCC(=O)O)nn2)c1. The first kappa shape index (κ1) is 13.4. The molecule has 0 atom stereocenters. The van der Waals surface area contributed by atoms with E-state index in [1.165, 1.54) is 4.68 Å². The Bertz CT molecular complexity index is 598. The first-order valence-electron chi connectivity index (χ1n) is 5.57. The highest BCUT2D eigenvalue weighted by atomic mass is 35.5. The van der Waals surface area contributed by atoms with Gasteiger partial charge in [-0.2, -0.15) is 0 Å². The Labute approximate surface area is 114 Å². The lowest BCUT2D eigenvalue weighted by molar-refractivity contribution is -0.136. The highest BCUT2D eigenvalue weighted by Crippen LogP contribution is 2.24. The molecule has 0 saturated heterocycles. The number of aryl methyl sites for hydroxylation is 1. The van der Waals surface area contributed by atoms with E-state index in [9.17, 15) is 4.79 Å². The number of methoxy groups -OCH3 is 1. The molecule has 0 aliphatic carbocycles. The summed E-state index contributed by atoms with van der Waals surface area (Å²) in [4.78, 5) is 10.5. The van der Waals surface area contributed by atoms with Gasteiger partial charge in [0, 0.05) is 12.5 Å². The highest BCUT2D eigenvalue weighted by Gasteiger charge is 2.09. The summed E-state index contributed by atoms with van der Waals surface area (Å²) >= 11 is 6.09. The largest absolute Gasteiger partial charge is 0.497 e. The van der Waals surface area contributed by atoms with Crippen molar-refractivity contribution in [3.05, 3.63) is 35.1 Å². The number of rotatable bonds is 5. The summed E-state index contributed by atoms with van der Waals surface area (Å²) in [6, 6.07) is 5.18. The molecular weight excluding hydrogens is 270 g/mol. The fourth-order valence-electron chi connectivity index (χ4n) is 1.56. The molecule has 7 heteroatoms. The van der Waals surface area contributed by atoms with Crippen molar-refractivity contribution in [1.29, 1.82) is 0 Å². The van der Waals surface area contributed by atoms with Gasteiger partial charge in [-0.05, 0) is 12.1 Å². The van der Waals surface area contributed by atoms with Crippen LogP contribution in [-0.2, 0) is 11.2 Å². The van der Waals surface area contributed by atoms with Crippen LogP contribution < -0.4 is 4.74 Å². The van der Waals surface area contributed by atoms with E-state index in [2.05, 4.69) is 10.3 Å². The van der Waals surface area contributed by atoms with Crippen LogP contribution in [0.4, 0.5) is 0 Å². The monoisotopic (exact) mass is 281 g/mol. The number of hydrogen-bond acceptors (Lipinski definition) is 4. The fraction of sp³-hybridized carbons (Fsp3) is 0.250. The molecule has 0 radical (unpaired) electrons. The van der Waals surface area contributed by atoms with Crippen molar-refractivity contribution >= 4 is 17.6 Å². The Kier molecular flexibility index (Phi) is 4.01. The molecule has 6 nitrogen and oxygen atoms in total. The lowest BCUT2D eigenvalue weighted by Crippen LogP contribution is -1.97. The molecule has 0 amide bonds. The summed E-state index contributed by atoms with van der Waals surface area (Å²) in [6.45, 7) is 0. The minimum absolute atomic E-state index is 0.0184. The number of aliphatic carboxylic acids is 1. The van der Waals surface area contributed by atoms with E-state index in [0.29, 0.717) is 28.6 Å². The zero-order chi connectivity index (χ0) is 13.8. The molecule has 2 rings (SSSR count). The van der Waals surface area contributed by atoms with Crippen LogP contribution in [0.2, 0.25) is 5.02 Å². The van der Waals surface area contributed by atoms with Crippen LogP contribution in [-0.4, -0.2) is 33.2 Å². The zero-order valence-corrected chi connectivity index (χ0v) is 11.0. The van der Waals surface area contributed by atoms with E-state index in [1.807, 2.05) is 0 Å². The third-order valence-electron chi connectivity index (χ3n) is 2.54. The number of ether oxygens (including phenoxy) is 1. The highest BCUT2D eigenvalue weighted by molar-refractivity contribution is 6.32. The Morgan fingerprint density at radius 2 is 2.32 bits per heavy atom. The van der Waals surface area contributed by atoms with Crippen LogP contribution >= 0.6 is 11.6 Å². The fourth-order valence-corrected chi connectivity index (χ4v) is 1.76. The number of benzene rings is 1. The van der Waals surface area contributed by atoms with E-state index in [0.717, 1.165) is 0 Å². The van der Waals surface area contributed by atoms with Crippen molar-refractivity contribution in [1.82, 2.24) is 15.0 Å². The van der Waals surface area contributed by atoms with Gasteiger partial charge in [-0.25, -0.2) is 4.68 Å². The van der Waals surface area contributed by atoms with Crippen molar-refractivity contribution in [2.45, 2.75) is 12.8 Å². The molecule has 0 bridgehead atoms. The van der Waals surface area contributed by atoms with Gasteiger partial charge in [0.15, 0.2) is 0 Å². The molecule has 1 heterocycles. The normalized spacial score (nSPS) is 10.4. The number of nitrogens with zero attached hydrogens (tertiary/aromatic N) is 3. The average Bonchev–Trinajstić information content (AvgIpc) is 2.85. The van der Waals surface area contributed by atoms with Crippen LogP contribution in [0.1, 0.15) is 12.1 Å². The molecule has 0 aliphatic heterocycles. The summed E-state index contributed by atoms with van der Waals surface area (Å²) in [5.74, 6) is -0.212. The van der Waals surface area contributed by atoms with Crippen molar-refractivity contribution in [2.24, 2.45) is 0 Å². The van der Waals surface area contributed by atoms with Gasteiger partial charge >= 0.3 is 5.97 Å². The molecule has 1 aromatic carbocycles. The second kappa shape index (κ2) is 5.71. The van der Waals surface area contributed by atoms with Crippen molar-refractivity contribution < 1.29 is 14.6 Å². The van der Waals surface area contributed by atoms with Crippen molar-refractivity contribution in [2.75, 3.05) is 7.11 Å². The van der Waals surface area contributed by atoms with Gasteiger partial charge in [-0.1, -0.05) is 16.8 Å². The Balaban J connectivity index is 2.24. The van der Waals surface area contributed by atoms with Gasteiger partial charge < -0.3 is 9.84 Å². The van der Waals surface area contributed by atoms with Crippen molar-refractivity contribution in [3.63, 3.8) is 0 Å². The number of carbonyl (C=O) groups is 1. The van der Waals surface area contributed by atoms with Gasteiger partial charge in [-0.3, -0.25) is 4.79 Å². The minimum Gasteiger partial charge on any atom is -0.497 e. The topological polar surface area (TPSA) is 77.2 Å². The molecule has 1 N–H and O–H groups in total. The first-order valence-corrected chi connectivity index (χ1v) is 5.95. The molecule has 2 aromatic rings. The molecule has 0 saturated carbocycles. The van der Waals surface area contributed by atoms with Gasteiger partial charge in [0.05, 0.1) is 36.1 Å². The smallest absolute Gasteiger partial charge is 0.303 e. The third-order valence-corrected chi connectivity index (χ3v) is 2.86. The van der Waals surface area contributed by atoms with Gasteiger partial charge in [0.1, 0.15) is 5.75 Å². The van der Waals surface area contributed by atoms with Crippen LogP contribution in [0.15, 0.2) is 24.4 Å². The van der Waals surface area contributed by atoms with Gasteiger partial charge in [-0.15, -0.1) is 5.10 Å². The summed E-state index contributed by atoms with van der Waals surface area (Å²) in [7, 11) is 1.56. The third kappa shape index (κ3) is 3.23. The zero-order valence-electron chi connectivity index (χ0n) is 10.2. The van der Waals surface area contributed by atoms with Crippen LogP contribution in [0.5, 0.6) is 5.75 Å². The average molecular weight is 282 g/mol. The van der Waals surface area contributed by atoms with E-state index in [1.54, 1.807) is 31.5 Å². The second-order valence-electron chi connectivity index (χ2n) is 3.87. The van der Waals surface area contributed by atoms with E-state index >= 15 is 0 Å². The lowest BCUT2D eigenvalue weighted by Gasteiger charge is -2.05. The number of halogens is 1. The molecular formula is C12H12ClN3O3. The predicted octanol–water partition coefficient (Wildman–Crippen LogP) is 1.95. The molecule has 0 spiro atoms. The number of carboxylic acid groups (broad SMARTS) is 1. The van der Waals surface area contributed by atoms with Crippen LogP contribution in [0, 0.1) is 0 Å². The maximum absolute atomic E-state index is 10.5. The number of aromatic nitrogens is 3. The Morgan fingerprint density at radius 3 is 3.00 bits per heavy atom. The van der Waals surface area contributed by atoms with Crippen molar-refractivity contribution in [3.8, 4) is 11.4 Å². The maximum Gasteiger partial charge on any atom is 0.303 e. The standard InChI is InChI=1S/C12H12ClN3O3/c1-19-9-3-4-10(13)11(6-9)16-7-8(14-15-16)2-5-12(17)18/h3-4,6-7H,2,5H2,1H3,(H,17,18). The van der Waals surface area contributed by atoms with Gasteiger partial charge in [0.25, 0.3) is 0 Å². The molecule has 19 heavy (non-hydrogen) atoms. The molecule has 0 aliphatic rings. The molecule has 0 unspecified atom stereocenters. The first-order chi connectivity index (χ1) is 9.10. The van der Waals surface area contributed by atoms with E-state index in [-0.39, 0.29) is 6.42 Å². The quantitative estimate of drug-likeness (QED) is 0.906. The summed E-state index contributed by atoms with van der Waals surface area (Å²) in [5.41, 5.74) is 1.23. The molecule has 100 valence electrons.